The van der Waals surface area contributed by atoms with Gasteiger partial charge in [0.25, 0.3) is 0 Å². The van der Waals surface area contributed by atoms with Gasteiger partial charge < -0.3 is 5.11 Å². The molecule has 1 N–H and O–H groups in total. The molecule has 0 aromatic carbocycles. The summed E-state index contributed by atoms with van der Waals surface area (Å²) >= 11 is 3.24. The van der Waals surface area contributed by atoms with E-state index in [-0.39, 0.29) is 5.69 Å². The molecule has 1 heterocycles. The Balaban J connectivity index is 3.25. The number of allylic oxidation sites excluding steroid dienone is 1. The zero-order valence-electron chi connectivity index (χ0n) is 7.99. The second-order valence-electron chi connectivity index (χ2n) is 2.83. The molecular formula is C9H11BrN2O2. The highest BCUT2D eigenvalue weighted by atomic mass is 79.9. The van der Waals surface area contributed by atoms with E-state index in [9.17, 15) is 4.79 Å². The van der Waals surface area contributed by atoms with E-state index in [0.717, 1.165) is 5.69 Å². The molecule has 14 heavy (non-hydrogen) atoms. The van der Waals surface area contributed by atoms with Gasteiger partial charge in [0, 0.05) is 17.9 Å². The molecule has 5 heteroatoms. The number of halogens is 1. The number of carbonyl (C=O) groups is 1. The van der Waals surface area contributed by atoms with E-state index in [1.165, 1.54) is 4.68 Å². The van der Waals surface area contributed by atoms with Crippen molar-refractivity contribution in [3.8, 4) is 0 Å². The number of alkyl halides is 1. The fraction of sp³-hybridized carbons (Fsp3) is 0.333. The number of hydrogen-bond acceptors (Lipinski definition) is 2. The molecule has 1 aromatic heterocycles. The molecule has 0 atom stereocenters. The maximum atomic E-state index is 10.9. The van der Waals surface area contributed by atoms with Crippen molar-refractivity contribution in [3.05, 3.63) is 23.0 Å². The van der Waals surface area contributed by atoms with Gasteiger partial charge in [0.1, 0.15) is 0 Å². The van der Waals surface area contributed by atoms with Crippen LogP contribution >= 0.6 is 15.9 Å². The zero-order valence-corrected chi connectivity index (χ0v) is 9.58. The fourth-order valence-electron chi connectivity index (χ4n) is 1.29. The van der Waals surface area contributed by atoms with Crippen molar-refractivity contribution in [1.82, 2.24) is 9.78 Å². The first-order chi connectivity index (χ1) is 6.57. The van der Waals surface area contributed by atoms with E-state index in [0.29, 0.717) is 10.9 Å². The molecule has 0 fully saturated rings. The Bertz CT molecular complexity index is 382. The largest absolute Gasteiger partial charge is 0.477 e. The normalized spacial score (nSPS) is 11.1. The van der Waals surface area contributed by atoms with E-state index in [1.54, 1.807) is 20.0 Å². The zero-order chi connectivity index (χ0) is 10.7. The van der Waals surface area contributed by atoms with Gasteiger partial charge in [0.05, 0.1) is 5.69 Å². The lowest BCUT2D eigenvalue weighted by Gasteiger charge is -1.95. The number of carboxylic acids is 1. The summed E-state index contributed by atoms with van der Waals surface area (Å²) in [6.45, 7) is 1.79. The first kappa shape index (κ1) is 11.0. The molecule has 76 valence electrons. The van der Waals surface area contributed by atoms with Gasteiger partial charge in [-0.15, -0.1) is 0 Å². The monoisotopic (exact) mass is 258 g/mol. The van der Waals surface area contributed by atoms with Crippen molar-refractivity contribution in [3.63, 3.8) is 0 Å². The molecule has 4 nitrogen and oxygen atoms in total. The molecule has 0 bridgehead atoms. The standard InChI is InChI=1S/C9H11BrN2O2/c1-6-7(4-3-5-10)8(9(13)14)12(2)11-6/h3-4H,5H2,1-2H3,(H,13,14). The van der Waals surface area contributed by atoms with Gasteiger partial charge in [0.2, 0.25) is 0 Å². The molecule has 1 rings (SSSR count). The van der Waals surface area contributed by atoms with E-state index in [2.05, 4.69) is 21.0 Å². The third-order valence-corrected chi connectivity index (χ3v) is 2.22. The van der Waals surface area contributed by atoms with E-state index in [1.807, 2.05) is 6.08 Å². The van der Waals surface area contributed by atoms with Crippen LogP contribution in [0.3, 0.4) is 0 Å². The van der Waals surface area contributed by atoms with Crippen LogP contribution in [0.4, 0.5) is 0 Å². The van der Waals surface area contributed by atoms with Crippen molar-refractivity contribution in [1.29, 1.82) is 0 Å². The van der Waals surface area contributed by atoms with Gasteiger partial charge in [0.15, 0.2) is 5.69 Å². The number of carboxylic acid groups (broad SMARTS) is 1. The Morgan fingerprint density at radius 2 is 2.36 bits per heavy atom. The van der Waals surface area contributed by atoms with Gasteiger partial charge in [-0.2, -0.15) is 5.10 Å². The Labute approximate surface area is 90.4 Å². The topological polar surface area (TPSA) is 55.1 Å². The molecule has 1 aromatic rings. The highest BCUT2D eigenvalue weighted by molar-refractivity contribution is 9.09. The third kappa shape index (κ3) is 2.04. The van der Waals surface area contributed by atoms with Crippen LogP contribution in [0.15, 0.2) is 6.08 Å². The molecule has 0 unspecified atom stereocenters. The first-order valence-corrected chi connectivity index (χ1v) is 5.19. The molecule has 0 radical (unpaired) electrons. The highest BCUT2D eigenvalue weighted by Crippen LogP contribution is 2.15. The summed E-state index contributed by atoms with van der Waals surface area (Å²) in [5, 5.41) is 13.7. The average Bonchev–Trinajstić information content (AvgIpc) is 2.37. The summed E-state index contributed by atoms with van der Waals surface area (Å²) in [6.07, 6.45) is 3.61. The minimum Gasteiger partial charge on any atom is -0.477 e. The number of aromatic nitrogens is 2. The molecule has 0 amide bonds. The fourth-order valence-corrected chi connectivity index (χ4v) is 1.48. The summed E-state index contributed by atoms with van der Waals surface area (Å²) in [7, 11) is 1.63. The smallest absolute Gasteiger partial charge is 0.354 e. The quantitative estimate of drug-likeness (QED) is 0.842. The summed E-state index contributed by atoms with van der Waals surface area (Å²) < 4.78 is 1.38. The predicted molar refractivity (Wildman–Crippen MR) is 57.7 cm³/mol. The Morgan fingerprint density at radius 1 is 1.71 bits per heavy atom. The molecule has 0 saturated heterocycles. The Kier molecular flexibility index (Phi) is 3.46. The summed E-state index contributed by atoms with van der Waals surface area (Å²) in [6, 6.07) is 0. The van der Waals surface area contributed by atoms with Crippen LogP contribution in [0.2, 0.25) is 0 Å². The molecule has 0 aliphatic rings. The second-order valence-corrected chi connectivity index (χ2v) is 3.48. The lowest BCUT2D eigenvalue weighted by Crippen LogP contribution is -2.06. The van der Waals surface area contributed by atoms with Gasteiger partial charge >= 0.3 is 5.97 Å². The van der Waals surface area contributed by atoms with Crippen molar-refractivity contribution < 1.29 is 9.90 Å². The molecule has 0 spiro atoms. The van der Waals surface area contributed by atoms with Crippen molar-refractivity contribution in [2.24, 2.45) is 7.05 Å². The predicted octanol–water partition coefficient (Wildman–Crippen LogP) is 1.83. The van der Waals surface area contributed by atoms with Crippen LogP contribution < -0.4 is 0 Å². The van der Waals surface area contributed by atoms with Crippen LogP contribution in [0.5, 0.6) is 0 Å². The number of rotatable bonds is 3. The highest BCUT2D eigenvalue weighted by Gasteiger charge is 2.16. The van der Waals surface area contributed by atoms with Gasteiger partial charge in [-0.3, -0.25) is 4.68 Å². The van der Waals surface area contributed by atoms with E-state index in [4.69, 9.17) is 5.11 Å². The van der Waals surface area contributed by atoms with Crippen molar-refractivity contribution in [2.75, 3.05) is 5.33 Å². The maximum Gasteiger partial charge on any atom is 0.354 e. The molecule has 0 aliphatic heterocycles. The van der Waals surface area contributed by atoms with Crippen LogP contribution in [0.1, 0.15) is 21.7 Å². The Morgan fingerprint density at radius 3 is 2.86 bits per heavy atom. The number of aryl methyl sites for hydroxylation is 2. The van der Waals surface area contributed by atoms with Crippen molar-refractivity contribution >= 4 is 28.0 Å². The lowest BCUT2D eigenvalue weighted by molar-refractivity contribution is 0.0685. The van der Waals surface area contributed by atoms with Crippen LogP contribution in [-0.4, -0.2) is 26.2 Å². The van der Waals surface area contributed by atoms with Gasteiger partial charge in [-0.05, 0) is 6.92 Å². The number of hydrogen-bond donors (Lipinski definition) is 1. The van der Waals surface area contributed by atoms with E-state index < -0.39 is 5.97 Å². The van der Waals surface area contributed by atoms with Crippen LogP contribution in [0.25, 0.3) is 6.08 Å². The lowest BCUT2D eigenvalue weighted by atomic mass is 10.2. The average molecular weight is 259 g/mol. The maximum absolute atomic E-state index is 10.9. The third-order valence-electron chi connectivity index (χ3n) is 1.84. The Hall–Kier alpha value is -1.10. The second kappa shape index (κ2) is 4.41. The number of aromatic carboxylic acids is 1. The molecular weight excluding hydrogens is 248 g/mol. The van der Waals surface area contributed by atoms with Crippen LogP contribution in [-0.2, 0) is 7.05 Å². The van der Waals surface area contributed by atoms with E-state index >= 15 is 0 Å². The summed E-state index contributed by atoms with van der Waals surface area (Å²) in [4.78, 5) is 10.9. The molecule has 0 aliphatic carbocycles. The first-order valence-electron chi connectivity index (χ1n) is 4.07. The SMILES string of the molecule is Cc1nn(C)c(C(=O)O)c1C=CCBr. The van der Waals surface area contributed by atoms with Gasteiger partial charge in [-0.1, -0.05) is 28.1 Å². The summed E-state index contributed by atoms with van der Waals surface area (Å²) in [5.74, 6) is -0.956. The minimum atomic E-state index is -0.956. The number of nitrogens with zero attached hydrogens (tertiary/aromatic N) is 2. The van der Waals surface area contributed by atoms with Gasteiger partial charge in [-0.25, -0.2) is 4.79 Å². The summed E-state index contributed by atoms with van der Waals surface area (Å²) in [5.41, 5.74) is 1.61. The van der Waals surface area contributed by atoms with Crippen molar-refractivity contribution in [2.45, 2.75) is 6.92 Å². The minimum absolute atomic E-state index is 0.222. The molecule has 0 saturated carbocycles. The van der Waals surface area contributed by atoms with Crippen LogP contribution in [0, 0.1) is 6.92 Å².